The van der Waals surface area contributed by atoms with E-state index in [1.165, 1.54) is 11.1 Å². The van der Waals surface area contributed by atoms with Crippen molar-refractivity contribution in [1.29, 1.82) is 0 Å². The van der Waals surface area contributed by atoms with Crippen LogP contribution in [-0.4, -0.2) is 8.07 Å². The van der Waals surface area contributed by atoms with E-state index in [0.717, 1.165) is 0 Å². The largest absolute Gasteiger partial charge is 0.0800 e. The first kappa shape index (κ1) is 10.7. The van der Waals surface area contributed by atoms with E-state index in [1.807, 2.05) is 0 Å². The van der Waals surface area contributed by atoms with Gasteiger partial charge in [0, 0.05) is 0 Å². The Labute approximate surface area is 94.1 Å². The second-order valence-corrected chi connectivity index (χ2v) is 10.4. The van der Waals surface area contributed by atoms with E-state index in [-0.39, 0.29) is 0 Å². The van der Waals surface area contributed by atoms with Gasteiger partial charge in [0.25, 0.3) is 0 Å². The molecule has 0 spiro atoms. The van der Waals surface area contributed by atoms with Crippen LogP contribution < -0.4 is 0 Å². The predicted molar refractivity (Wildman–Crippen MR) is 70.8 cm³/mol. The van der Waals surface area contributed by atoms with E-state index in [4.69, 9.17) is 0 Å². The van der Waals surface area contributed by atoms with Crippen LogP contribution in [0.1, 0.15) is 13.8 Å². The summed E-state index contributed by atoms with van der Waals surface area (Å²) in [7, 11) is -1.25. The summed E-state index contributed by atoms with van der Waals surface area (Å²) in [5.41, 5.74) is 4.30. The molecule has 0 saturated carbocycles. The maximum Gasteiger partial charge on any atom is 0.0699 e. The van der Waals surface area contributed by atoms with Crippen LogP contribution in [0.3, 0.4) is 0 Å². The van der Waals surface area contributed by atoms with Crippen molar-refractivity contribution in [3.05, 3.63) is 47.6 Å². The lowest BCUT2D eigenvalue weighted by Crippen LogP contribution is -2.34. The quantitative estimate of drug-likeness (QED) is 0.598. The van der Waals surface area contributed by atoms with Gasteiger partial charge in [0.05, 0.1) is 8.07 Å². The Morgan fingerprint density at radius 3 is 1.53 bits per heavy atom. The van der Waals surface area contributed by atoms with Crippen molar-refractivity contribution in [1.82, 2.24) is 0 Å². The summed E-state index contributed by atoms with van der Waals surface area (Å²) in [4.78, 5) is 0. The minimum atomic E-state index is -1.25. The summed E-state index contributed by atoms with van der Waals surface area (Å²) >= 11 is 0. The van der Waals surface area contributed by atoms with Crippen molar-refractivity contribution in [3.8, 4) is 0 Å². The lowest BCUT2D eigenvalue weighted by molar-refractivity contribution is 1.16. The van der Waals surface area contributed by atoms with Crippen LogP contribution in [0, 0.1) is 0 Å². The van der Waals surface area contributed by atoms with Gasteiger partial charge in [0.2, 0.25) is 0 Å². The van der Waals surface area contributed by atoms with Crippen LogP contribution >= 0.6 is 0 Å². The molecule has 0 aromatic rings. The molecule has 0 fully saturated rings. The zero-order valence-electron chi connectivity index (χ0n) is 10.1. The van der Waals surface area contributed by atoms with Crippen LogP contribution in [0.25, 0.3) is 0 Å². The maximum atomic E-state index is 2.50. The smallest absolute Gasteiger partial charge is 0.0699 e. The van der Waals surface area contributed by atoms with E-state index in [0.29, 0.717) is 11.1 Å². The third-order valence-electron chi connectivity index (χ3n) is 3.74. The first-order chi connectivity index (χ1) is 7.00. The van der Waals surface area contributed by atoms with E-state index in [1.54, 1.807) is 0 Å². The first-order valence-electron chi connectivity index (χ1n) is 5.73. The molecule has 2 atom stereocenters. The molecular weight excluding hydrogens is 196 g/mol. The van der Waals surface area contributed by atoms with Crippen molar-refractivity contribution < 1.29 is 0 Å². The molecule has 0 saturated heterocycles. The zero-order chi connectivity index (χ0) is 11.1. The third kappa shape index (κ3) is 1.93. The van der Waals surface area contributed by atoms with Crippen molar-refractivity contribution >= 4 is 8.07 Å². The molecule has 0 nitrogen and oxygen atoms in total. The number of hydrogen-bond acceptors (Lipinski definition) is 0. The Morgan fingerprint density at radius 1 is 0.867 bits per heavy atom. The lowest BCUT2D eigenvalue weighted by atomic mass is 10.3. The molecule has 0 aromatic carbocycles. The molecule has 2 aliphatic carbocycles. The standard InChI is InChI=1S/C14H20Si/c1-11-5-7-13(9-11)15(3,4)14-8-6-12(2)10-14/h5-10,13-14H,1-4H3. The summed E-state index contributed by atoms with van der Waals surface area (Å²) in [5.74, 6) is 0. The highest BCUT2D eigenvalue weighted by atomic mass is 28.3. The Balaban J connectivity index is 2.21. The monoisotopic (exact) mass is 216 g/mol. The highest BCUT2D eigenvalue weighted by Crippen LogP contribution is 2.42. The molecule has 0 amide bonds. The fourth-order valence-corrected chi connectivity index (χ4v) is 5.46. The average molecular weight is 216 g/mol. The van der Waals surface area contributed by atoms with Gasteiger partial charge >= 0.3 is 0 Å². The Bertz CT molecular complexity index is 344. The predicted octanol–water partition coefficient (Wildman–Crippen LogP) is 4.47. The molecule has 0 aliphatic heterocycles. The fraction of sp³-hybridized carbons (Fsp3) is 0.429. The third-order valence-corrected chi connectivity index (χ3v) is 7.89. The van der Waals surface area contributed by atoms with Gasteiger partial charge in [-0.1, -0.05) is 60.7 Å². The summed E-state index contributed by atoms with van der Waals surface area (Å²) in [6.45, 7) is 9.40. The molecule has 0 heterocycles. The molecule has 2 unspecified atom stereocenters. The summed E-state index contributed by atoms with van der Waals surface area (Å²) < 4.78 is 0. The first-order valence-corrected chi connectivity index (χ1v) is 8.89. The van der Waals surface area contributed by atoms with Crippen LogP contribution in [-0.2, 0) is 0 Å². The molecule has 0 bridgehead atoms. The van der Waals surface area contributed by atoms with Crippen LogP contribution in [0.5, 0.6) is 0 Å². The zero-order valence-corrected chi connectivity index (χ0v) is 11.1. The van der Waals surface area contributed by atoms with Gasteiger partial charge in [-0.05, 0) is 24.9 Å². The van der Waals surface area contributed by atoms with E-state index < -0.39 is 8.07 Å². The molecule has 0 aromatic heterocycles. The highest BCUT2D eigenvalue weighted by Gasteiger charge is 2.36. The lowest BCUT2D eigenvalue weighted by Gasteiger charge is -2.31. The SMILES string of the molecule is CC1=CC([Si](C)(C)C2C=CC(C)=C2)C=C1. The number of hydrogen-bond donors (Lipinski definition) is 0. The van der Waals surface area contributed by atoms with Gasteiger partial charge in [-0.25, -0.2) is 0 Å². The molecule has 0 radical (unpaired) electrons. The molecule has 80 valence electrons. The van der Waals surface area contributed by atoms with Gasteiger partial charge in [-0.15, -0.1) is 0 Å². The second-order valence-electron chi connectivity index (χ2n) is 5.41. The Hall–Kier alpha value is -0.823. The summed E-state index contributed by atoms with van der Waals surface area (Å²) in [6, 6.07) is 0. The second kappa shape index (κ2) is 3.64. The van der Waals surface area contributed by atoms with Crippen molar-refractivity contribution in [2.24, 2.45) is 0 Å². The minimum absolute atomic E-state index is 0.717. The van der Waals surface area contributed by atoms with E-state index in [2.05, 4.69) is 63.4 Å². The average Bonchev–Trinajstić information content (AvgIpc) is 2.74. The molecule has 15 heavy (non-hydrogen) atoms. The van der Waals surface area contributed by atoms with Gasteiger partial charge in [0.15, 0.2) is 0 Å². The molecule has 2 aliphatic rings. The molecule has 1 heteroatoms. The maximum absolute atomic E-state index is 2.50. The van der Waals surface area contributed by atoms with Crippen LogP contribution in [0.15, 0.2) is 47.6 Å². The van der Waals surface area contributed by atoms with Gasteiger partial charge < -0.3 is 0 Å². The van der Waals surface area contributed by atoms with E-state index >= 15 is 0 Å². The Kier molecular flexibility index (Phi) is 2.59. The van der Waals surface area contributed by atoms with E-state index in [9.17, 15) is 0 Å². The van der Waals surface area contributed by atoms with Crippen molar-refractivity contribution in [2.45, 2.75) is 38.0 Å². The van der Waals surface area contributed by atoms with Crippen molar-refractivity contribution in [3.63, 3.8) is 0 Å². The van der Waals surface area contributed by atoms with Crippen molar-refractivity contribution in [2.75, 3.05) is 0 Å². The van der Waals surface area contributed by atoms with Crippen LogP contribution in [0.4, 0.5) is 0 Å². The minimum Gasteiger partial charge on any atom is -0.0800 e. The summed E-state index contributed by atoms with van der Waals surface area (Å²) in [5, 5.41) is 0. The topological polar surface area (TPSA) is 0 Å². The Morgan fingerprint density at radius 2 is 1.27 bits per heavy atom. The number of allylic oxidation sites excluding steroid dienone is 8. The fourth-order valence-electron chi connectivity index (χ4n) is 2.45. The highest BCUT2D eigenvalue weighted by molar-refractivity contribution is 6.82. The van der Waals surface area contributed by atoms with Gasteiger partial charge in [0.1, 0.15) is 0 Å². The van der Waals surface area contributed by atoms with Gasteiger partial charge in [-0.3, -0.25) is 0 Å². The normalized spacial score (nSPS) is 29.6. The summed E-state index contributed by atoms with van der Waals surface area (Å²) in [6.07, 6.45) is 14.2. The number of rotatable bonds is 2. The molecule has 0 N–H and O–H groups in total. The molecular formula is C14H20Si. The van der Waals surface area contributed by atoms with Gasteiger partial charge in [-0.2, -0.15) is 0 Å². The van der Waals surface area contributed by atoms with Crippen LogP contribution in [0.2, 0.25) is 24.2 Å². The molecule has 2 rings (SSSR count).